The molecule has 0 saturated heterocycles. The van der Waals surface area contributed by atoms with Crippen LogP contribution in [0.1, 0.15) is 6.42 Å². The van der Waals surface area contributed by atoms with Gasteiger partial charge in [-0.1, -0.05) is 12.2 Å². The fraction of sp³-hybridized carbons (Fsp3) is 0.200. The third-order valence-electron chi connectivity index (χ3n) is 2.43. The van der Waals surface area contributed by atoms with Gasteiger partial charge in [0.1, 0.15) is 0 Å². The normalized spacial score (nSPS) is 24.5. The molecular formula is C10H7NOS. The van der Waals surface area contributed by atoms with Gasteiger partial charge in [-0.05, 0) is 17.6 Å². The number of dihydropyridines is 1. The Morgan fingerprint density at radius 3 is 3.23 bits per heavy atom. The first kappa shape index (κ1) is 7.33. The van der Waals surface area contributed by atoms with Crippen molar-refractivity contribution in [2.75, 3.05) is 5.75 Å². The number of thioether (sulfide) groups is 1. The first-order chi connectivity index (χ1) is 6.36. The highest BCUT2D eigenvalue weighted by Gasteiger charge is 2.30. The standard InChI is InChI=1S/C10H7NOS/c12-10-9-8-6(4-11-10)2-1-3-7(8)5-13-9/h2-4H,1,5H2. The largest absolute Gasteiger partial charge is 0.284 e. The molecule has 0 spiro atoms. The van der Waals surface area contributed by atoms with Crippen LogP contribution in [-0.4, -0.2) is 17.9 Å². The SMILES string of the molecule is O=C1N=CC2=CCC=C3CSC1=C23. The third kappa shape index (κ3) is 0.907. The van der Waals surface area contributed by atoms with Crippen LogP contribution in [-0.2, 0) is 4.79 Å². The molecule has 2 aliphatic heterocycles. The van der Waals surface area contributed by atoms with Crippen LogP contribution in [0, 0.1) is 0 Å². The van der Waals surface area contributed by atoms with Crippen molar-refractivity contribution >= 4 is 23.9 Å². The van der Waals surface area contributed by atoms with Gasteiger partial charge in [0.2, 0.25) is 0 Å². The van der Waals surface area contributed by atoms with Crippen LogP contribution >= 0.6 is 11.8 Å². The Kier molecular flexibility index (Phi) is 1.38. The molecule has 3 heteroatoms. The molecule has 0 fully saturated rings. The molecule has 0 aromatic rings. The molecule has 1 amide bonds. The lowest BCUT2D eigenvalue weighted by atomic mass is 9.92. The van der Waals surface area contributed by atoms with E-state index < -0.39 is 0 Å². The van der Waals surface area contributed by atoms with Gasteiger partial charge in [0.25, 0.3) is 5.91 Å². The van der Waals surface area contributed by atoms with E-state index in [1.54, 1.807) is 18.0 Å². The number of amides is 1. The van der Waals surface area contributed by atoms with Crippen molar-refractivity contribution in [2.45, 2.75) is 6.42 Å². The van der Waals surface area contributed by atoms with Crippen LogP contribution in [0.5, 0.6) is 0 Å². The summed E-state index contributed by atoms with van der Waals surface area (Å²) in [7, 11) is 0. The minimum atomic E-state index is -0.0672. The lowest BCUT2D eigenvalue weighted by Gasteiger charge is -2.14. The van der Waals surface area contributed by atoms with Gasteiger partial charge < -0.3 is 0 Å². The first-order valence-electron chi connectivity index (χ1n) is 4.21. The van der Waals surface area contributed by atoms with Crippen molar-refractivity contribution in [3.63, 3.8) is 0 Å². The maximum atomic E-state index is 11.4. The first-order valence-corrected chi connectivity index (χ1v) is 5.20. The quantitative estimate of drug-likeness (QED) is 0.582. The number of rotatable bonds is 0. The van der Waals surface area contributed by atoms with E-state index in [1.165, 1.54) is 5.57 Å². The topological polar surface area (TPSA) is 29.4 Å². The summed E-state index contributed by atoms with van der Waals surface area (Å²) in [5.41, 5.74) is 3.60. The molecule has 3 aliphatic rings. The van der Waals surface area contributed by atoms with Gasteiger partial charge in [0.15, 0.2) is 0 Å². The Labute approximate surface area is 80.1 Å². The maximum absolute atomic E-state index is 11.4. The van der Waals surface area contributed by atoms with E-state index in [1.807, 2.05) is 0 Å². The molecule has 0 aromatic carbocycles. The summed E-state index contributed by atoms with van der Waals surface area (Å²) in [6, 6.07) is 0. The molecule has 2 nitrogen and oxygen atoms in total. The number of carbonyl (C=O) groups is 1. The van der Waals surface area contributed by atoms with Crippen LogP contribution in [0.15, 0.2) is 38.8 Å². The number of carbonyl (C=O) groups excluding carboxylic acids is 1. The highest BCUT2D eigenvalue weighted by molar-refractivity contribution is 8.04. The molecule has 0 aromatic heterocycles. The second-order valence-electron chi connectivity index (χ2n) is 3.18. The number of hydrogen-bond acceptors (Lipinski definition) is 2. The number of aliphatic imine (C=N–C) groups is 1. The van der Waals surface area contributed by atoms with Crippen LogP contribution in [0.2, 0.25) is 0 Å². The van der Waals surface area contributed by atoms with E-state index in [0.29, 0.717) is 0 Å². The summed E-state index contributed by atoms with van der Waals surface area (Å²) in [5.74, 6) is 0.874. The Bertz CT molecular complexity index is 426. The van der Waals surface area contributed by atoms with Crippen LogP contribution in [0.4, 0.5) is 0 Å². The van der Waals surface area contributed by atoms with Crippen LogP contribution in [0.25, 0.3) is 0 Å². The Morgan fingerprint density at radius 2 is 2.31 bits per heavy atom. The van der Waals surface area contributed by atoms with Crippen molar-refractivity contribution in [1.82, 2.24) is 0 Å². The molecule has 0 bridgehead atoms. The van der Waals surface area contributed by atoms with Crippen molar-refractivity contribution in [1.29, 1.82) is 0 Å². The van der Waals surface area contributed by atoms with Gasteiger partial charge in [-0.2, -0.15) is 0 Å². The predicted molar refractivity (Wildman–Crippen MR) is 53.8 cm³/mol. The summed E-state index contributed by atoms with van der Waals surface area (Å²) >= 11 is 1.62. The van der Waals surface area contributed by atoms with E-state index in [2.05, 4.69) is 17.1 Å². The molecule has 0 N–H and O–H groups in total. The van der Waals surface area contributed by atoms with Crippen LogP contribution < -0.4 is 0 Å². The zero-order chi connectivity index (χ0) is 8.84. The van der Waals surface area contributed by atoms with Crippen molar-refractivity contribution < 1.29 is 4.79 Å². The van der Waals surface area contributed by atoms with E-state index in [-0.39, 0.29) is 5.91 Å². The summed E-state index contributed by atoms with van der Waals surface area (Å²) in [5, 5.41) is 0. The second kappa shape index (κ2) is 2.45. The van der Waals surface area contributed by atoms with Crippen molar-refractivity contribution in [3.8, 4) is 0 Å². The van der Waals surface area contributed by atoms with Gasteiger partial charge in [0.05, 0.1) is 4.91 Å². The molecule has 1 aliphatic carbocycles. The van der Waals surface area contributed by atoms with E-state index in [9.17, 15) is 4.79 Å². The minimum absolute atomic E-state index is 0.0672. The van der Waals surface area contributed by atoms with Crippen LogP contribution in [0.3, 0.4) is 0 Å². The smallest absolute Gasteiger partial charge is 0.266 e. The number of nitrogens with zero attached hydrogens (tertiary/aromatic N) is 1. The summed E-state index contributed by atoms with van der Waals surface area (Å²) < 4.78 is 0. The fourth-order valence-electron chi connectivity index (χ4n) is 1.82. The van der Waals surface area contributed by atoms with E-state index >= 15 is 0 Å². The monoisotopic (exact) mass is 189 g/mol. The molecule has 0 atom stereocenters. The summed E-state index contributed by atoms with van der Waals surface area (Å²) in [6.45, 7) is 0. The van der Waals surface area contributed by atoms with Crippen molar-refractivity contribution in [3.05, 3.63) is 33.8 Å². The van der Waals surface area contributed by atoms with E-state index in [4.69, 9.17) is 0 Å². The molecule has 0 saturated carbocycles. The van der Waals surface area contributed by atoms with Gasteiger partial charge in [-0.3, -0.25) is 4.79 Å². The van der Waals surface area contributed by atoms with Gasteiger partial charge in [0, 0.05) is 17.5 Å². The number of allylic oxidation sites excluding steroid dienone is 4. The fourth-order valence-corrected chi connectivity index (χ4v) is 2.95. The van der Waals surface area contributed by atoms with Gasteiger partial charge >= 0.3 is 0 Å². The predicted octanol–water partition coefficient (Wildman–Crippen LogP) is 1.85. The molecule has 13 heavy (non-hydrogen) atoms. The molecule has 0 unspecified atom stereocenters. The molecular weight excluding hydrogens is 182 g/mol. The summed E-state index contributed by atoms with van der Waals surface area (Å²) in [6.07, 6.45) is 6.99. The lowest BCUT2D eigenvalue weighted by molar-refractivity contribution is -0.113. The Morgan fingerprint density at radius 1 is 1.38 bits per heavy atom. The van der Waals surface area contributed by atoms with Gasteiger partial charge in [-0.25, -0.2) is 4.99 Å². The zero-order valence-corrected chi connectivity index (χ0v) is 7.73. The number of hydrogen-bond donors (Lipinski definition) is 0. The average Bonchev–Trinajstić information content (AvgIpc) is 2.57. The molecule has 2 heterocycles. The molecule has 0 radical (unpaired) electrons. The lowest BCUT2D eigenvalue weighted by Crippen LogP contribution is -2.08. The zero-order valence-electron chi connectivity index (χ0n) is 6.91. The Balaban J connectivity index is 2.25. The highest BCUT2D eigenvalue weighted by Crippen LogP contribution is 2.43. The van der Waals surface area contributed by atoms with E-state index in [0.717, 1.165) is 28.2 Å². The van der Waals surface area contributed by atoms with Crippen molar-refractivity contribution in [2.24, 2.45) is 4.99 Å². The molecule has 64 valence electrons. The minimum Gasteiger partial charge on any atom is -0.266 e. The Hall–Kier alpha value is -1.09. The highest BCUT2D eigenvalue weighted by atomic mass is 32.2. The molecule has 3 rings (SSSR count). The average molecular weight is 189 g/mol. The third-order valence-corrected chi connectivity index (χ3v) is 3.55. The summed E-state index contributed by atoms with van der Waals surface area (Å²) in [4.78, 5) is 16.1. The second-order valence-corrected chi connectivity index (χ2v) is 4.17. The van der Waals surface area contributed by atoms with Gasteiger partial charge in [-0.15, -0.1) is 11.8 Å². The maximum Gasteiger partial charge on any atom is 0.284 e.